The van der Waals surface area contributed by atoms with Crippen LogP contribution in [0.1, 0.15) is 27.7 Å². The Morgan fingerprint density at radius 1 is 1.12 bits per heavy atom. The average Bonchev–Trinajstić information content (AvgIpc) is 3.48. The van der Waals surface area contributed by atoms with Gasteiger partial charge < -0.3 is 20.0 Å². The molecule has 2 aromatic heterocycles. The molecule has 1 fully saturated rings. The standard InChI is InChI=1S/C25H22N4O4S/c30-22-14-27(13-17-7-4-10-34-17)25(31)21-12-19-18-8-1-2-9-20(18)26-23(19)24(28(21)22)15-5-3-6-16(11-15)29(32)33/h1-11,21,24,26,29,32H,12-14H2/t21-,24?/m0/s1. The lowest BCUT2D eigenvalue weighted by atomic mass is 9.86. The quantitative estimate of drug-likeness (QED) is 0.396. The Kier molecular flexibility index (Phi) is 5.00. The van der Waals surface area contributed by atoms with E-state index in [0.717, 1.165) is 27.0 Å². The van der Waals surface area contributed by atoms with E-state index in [9.17, 15) is 20.0 Å². The van der Waals surface area contributed by atoms with Gasteiger partial charge in [0.25, 0.3) is 0 Å². The van der Waals surface area contributed by atoms with Crippen molar-refractivity contribution >= 4 is 39.7 Å². The summed E-state index contributed by atoms with van der Waals surface area (Å²) in [7, 11) is 0. The minimum Gasteiger partial charge on any atom is -0.595 e. The second kappa shape index (κ2) is 8.07. The number of fused-ring (bicyclic) bond motifs is 4. The number of nitrogens with one attached hydrogen (secondary N) is 2. The van der Waals surface area contributed by atoms with E-state index >= 15 is 0 Å². The lowest BCUT2D eigenvalue weighted by Gasteiger charge is -2.47. The Bertz CT molecular complexity index is 1400. The van der Waals surface area contributed by atoms with Crippen LogP contribution in [0, 0.1) is 5.21 Å². The summed E-state index contributed by atoms with van der Waals surface area (Å²) < 4.78 is 0. The summed E-state index contributed by atoms with van der Waals surface area (Å²) in [6.45, 7) is 0.407. The first kappa shape index (κ1) is 21.1. The molecule has 6 rings (SSSR count). The monoisotopic (exact) mass is 474 g/mol. The summed E-state index contributed by atoms with van der Waals surface area (Å²) in [5, 5.41) is 23.2. The van der Waals surface area contributed by atoms with Crippen molar-refractivity contribution in [2.24, 2.45) is 0 Å². The molecule has 172 valence electrons. The molecule has 1 saturated heterocycles. The molecule has 0 bridgehead atoms. The third-order valence-electron chi connectivity index (χ3n) is 6.72. The molecule has 9 heteroatoms. The number of quaternary nitrogens is 1. The van der Waals surface area contributed by atoms with Crippen LogP contribution in [0.4, 0.5) is 5.69 Å². The third kappa shape index (κ3) is 3.33. The van der Waals surface area contributed by atoms with Crippen LogP contribution in [0.2, 0.25) is 0 Å². The summed E-state index contributed by atoms with van der Waals surface area (Å²) >= 11 is 1.56. The van der Waals surface area contributed by atoms with E-state index in [1.54, 1.807) is 33.3 Å². The molecule has 2 aliphatic heterocycles. The van der Waals surface area contributed by atoms with Crippen molar-refractivity contribution < 1.29 is 20.0 Å². The Balaban J connectivity index is 1.49. The predicted molar refractivity (Wildman–Crippen MR) is 126 cm³/mol. The lowest BCUT2D eigenvalue weighted by Crippen LogP contribution is -2.99. The Hall–Kier alpha value is -3.50. The number of hydrogen-bond donors (Lipinski definition) is 3. The second-order valence-electron chi connectivity index (χ2n) is 8.69. The number of piperazine rings is 1. The van der Waals surface area contributed by atoms with Gasteiger partial charge in [-0.05, 0) is 28.6 Å². The number of aromatic nitrogens is 1. The molecule has 4 aromatic rings. The number of hydrogen-bond acceptors (Lipinski definition) is 5. The van der Waals surface area contributed by atoms with E-state index in [4.69, 9.17) is 0 Å². The van der Waals surface area contributed by atoms with Gasteiger partial charge in [0.1, 0.15) is 12.6 Å². The Labute approximate surface area is 199 Å². The lowest BCUT2D eigenvalue weighted by molar-refractivity contribution is -0.991. The fourth-order valence-corrected chi connectivity index (χ4v) is 5.96. The van der Waals surface area contributed by atoms with Crippen LogP contribution in [0.25, 0.3) is 10.9 Å². The molecule has 0 saturated carbocycles. The minimum atomic E-state index is -1.03. The molecule has 34 heavy (non-hydrogen) atoms. The molecule has 0 aliphatic carbocycles. The molecule has 3 N–H and O–H groups in total. The fourth-order valence-electron chi connectivity index (χ4n) is 5.24. The SMILES string of the molecule is O=C1[C@@H]2Cc3c([nH]c4ccccc34)C(c3cccc([NH+]([O-])O)c3)N2C(=O)CN1Cc1cccs1. The van der Waals surface area contributed by atoms with Crippen LogP contribution in [0.3, 0.4) is 0 Å². The van der Waals surface area contributed by atoms with Crippen LogP contribution in [-0.4, -0.2) is 44.4 Å². The van der Waals surface area contributed by atoms with Crippen molar-refractivity contribution in [3.8, 4) is 0 Å². The highest BCUT2D eigenvalue weighted by molar-refractivity contribution is 7.09. The highest BCUT2D eigenvalue weighted by atomic mass is 32.1. The highest BCUT2D eigenvalue weighted by Crippen LogP contribution is 2.43. The minimum absolute atomic E-state index is 0.00207. The number of H-pyrrole nitrogens is 1. The molecular formula is C25H22N4O4S. The van der Waals surface area contributed by atoms with Crippen LogP contribution >= 0.6 is 11.3 Å². The molecule has 8 nitrogen and oxygen atoms in total. The molecule has 3 atom stereocenters. The number of amides is 2. The van der Waals surface area contributed by atoms with Gasteiger partial charge in [0.2, 0.25) is 11.8 Å². The summed E-state index contributed by atoms with van der Waals surface area (Å²) in [5.74, 6) is -0.223. The Morgan fingerprint density at radius 3 is 2.76 bits per heavy atom. The van der Waals surface area contributed by atoms with Gasteiger partial charge in [0.15, 0.2) is 5.69 Å². The van der Waals surface area contributed by atoms with Gasteiger partial charge in [0.05, 0.1) is 12.6 Å². The van der Waals surface area contributed by atoms with E-state index in [-0.39, 0.29) is 24.0 Å². The number of para-hydroxylation sites is 1. The van der Waals surface area contributed by atoms with Gasteiger partial charge in [0, 0.05) is 40.0 Å². The number of carbonyl (C=O) groups excluding carboxylic acids is 2. The van der Waals surface area contributed by atoms with E-state index in [2.05, 4.69) is 4.98 Å². The first-order chi connectivity index (χ1) is 16.5. The maximum Gasteiger partial charge on any atom is 0.246 e. The van der Waals surface area contributed by atoms with Gasteiger partial charge in [-0.3, -0.25) is 9.59 Å². The first-order valence-corrected chi connectivity index (χ1v) is 11.9. The summed E-state index contributed by atoms with van der Waals surface area (Å²) in [4.78, 5) is 35.0. The topological polar surface area (TPSA) is 104 Å². The zero-order valence-corrected chi connectivity index (χ0v) is 18.9. The van der Waals surface area contributed by atoms with Crippen molar-refractivity contribution in [1.82, 2.24) is 14.8 Å². The molecular weight excluding hydrogens is 452 g/mol. The molecule has 0 spiro atoms. The molecule has 2 amide bonds. The molecule has 2 aromatic carbocycles. The number of thiophene rings is 1. The summed E-state index contributed by atoms with van der Waals surface area (Å²) in [5.41, 5.74) is 3.59. The third-order valence-corrected chi connectivity index (χ3v) is 7.58. The smallest absolute Gasteiger partial charge is 0.246 e. The second-order valence-corrected chi connectivity index (χ2v) is 9.72. The van der Waals surface area contributed by atoms with Crippen LogP contribution in [-0.2, 0) is 22.6 Å². The molecule has 4 heterocycles. The number of carbonyl (C=O) groups is 2. The molecule has 2 aliphatic rings. The molecule has 0 radical (unpaired) electrons. The number of benzene rings is 2. The van der Waals surface area contributed by atoms with E-state index in [1.807, 2.05) is 47.8 Å². The number of nitrogens with zero attached hydrogens (tertiary/aromatic N) is 2. The van der Waals surface area contributed by atoms with Crippen LogP contribution in [0.15, 0.2) is 66.0 Å². The number of rotatable bonds is 4. The normalized spacial score (nSPS) is 21.0. The van der Waals surface area contributed by atoms with Crippen molar-refractivity contribution in [2.45, 2.75) is 25.0 Å². The molecule has 2 unspecified atom stereocenters. The summed E-state index contributed by atoms with van der Waals surface area (Å²) in [6, 6.07) is 17.2. The van der Waals surface area contributed by atoms with Crippen LogP contribution < -0.4 is 5.23 Å². The first-order valence-electron chi connectivity index (χ1n) is 11.1. The van der Waals surface area contributed by atoms with Crippen molar-refractivity contribution in [1.29, 1.82) is 0 Å². The predicted octanol–water partition coefficient (Wildman–Crippen LogP) is 2.52. The van der Waals surface area contributed by atoms with Gasteiger partial charge in [-0.1, -0.05) is 36.4 Å². The van der Waals surface area contributed by atoms with Gasteiger partial charge in [-0.15, -0.1) is 11.3 Å². The largest absolute Gasteiger partial charge is 0.595 e. The van der Waals surface area contributed by atoms with Crippen molar-refractivity contribution in [2.75, 3.05) is 6.54 Å². The van der Waals surface area contributed by atoms with Crippen molar-refractivity contribution in [3.63, 3.8) is 0 Å². The van der Waals surface area contributed by atoms with Crippen molar-refractivity contribution in [3.05, 3.63) is 92.9 Å². The van der Waals surface area contributed by atoms with E-state index in [0.29, 0.717) is 18.5 Å². The van der Waals surface area contributed by atoms with Crippen LogP contribution in [0.5, 0.6) is 0 Å². The maximum atomic E-state index is 13.7. The maximum absolute atomic E-state index is 13.7. The van der Waals surface area contributed by atoms with E-state index < -0.39 is 17.3 Å². The summed E-state index contributed by atoms with van der Waals surface area (Å²) in [6.07, 6.45) is 0.417. The highest BCUT2D eigenvalue weighted by Gasteiger charge is 2.48. The fraction of sp³-hybridized carbons (Fsp3) is 0.200. The number of aromatic amines is 1. The van der Waals surface area contributed by atoms with Gasteiger partial charge in [-0.2, -0.15) is 5.23 Å². The zero-order valence-electron chi connectivity index (χ0n) is 18.1. The van der Waals surface area contributed by atoms with E-state index in [1.165, 1.54) is 6.07 Å². The average molecular weight is 475 g/mol. The Morgan fingerprint density at radius 2 is 1.97 bits per heavy atom. The van der Waals surface area contributed by atoms with Gasteiger partial charge in [-0.25, -0.2) is 5.21 Å². The van der Waals surface area contributed by atoms with Gasteiger partial charge >= 0.3 is 0 Å². The zero-order chi connectivity index (χ0) is 23.4.